The van der Waals surface area contributed by atoms with Crippen LogP contribution in [0.2, 0.25) is 0 Å². The summed E-state index contributed by atoms with van der Waals surface area (Å²) in [6.07, 6.45) is 76.4. The topological polar surface area (TPSA) is 237 Å². The van der Waals surface area contributed by atoms with Gasteiger partial charge in [0.2, 0.25) is 0 Å². The van der Waals surface area contributed by atoms with E-state index in [1.165, 1.54) is 308 Å². The normalized spacial score (nSPS) is 14.0. The fraction of sp³-hybridized carbons (Fsp3) is 0.955. The number of aliphatic hydroxyl groups excluding tert-OH is 1. The second-order valence-electron chi connectivity index (χ2n) is 32.2. The highest BCUT2D eigenvalue weighted by Crippen LogP contribution is 2.45. The lowest BCUT2D eigenvalue weighted by atomic mass is 9.99. The van der Waals surface area contributed by atoms with Crippen molar-refractivity contribution in [2.24, 2.45) is 5.92 Å². The first-order chi connectivity index (χ1) is 52.6. The molecule has 0 saturated heterocycles. The molecule has 6 atom stereocenters. The molecule has 0 aliphatic heterocycles. The van der Waals surface area contributed by atoms with Gasteiger partial charge in [-0.1, -0.05) is 433 Å². The Balaban J connectivity index is 5.23. The standard InChI is InChI=1S/C89H174O17P2/c1-6-10-13-16-19-22-25-28-30-32-34-36-38-40-42-44-47-53-58-63-68-73-87(92)100-78-84(105-88(93)74-69-64-59-54-48-45-43-41-39-37-35-33-31-29-26-23-20-17-14-11-7-2)80-103-107(95,96)101-76-83(90)77-102-108(97,98)104-81-85(79-99-86(91)72-67-62-57-52-46-27-24-21-18-15-12-8-3)106-89(94)75-70-65-60-55-50-49-51-56-61-66-71-82(5)9-4/h82-85,90H,6-81H2,1-5H3,(H,95,96)(H,97,98)/t82?,83-,84-,85-/m1/s1. The SMILES string of the molecule is CCCCCCCCCCCCCCCCCCCCCCCC(=O)OC[C@H](COP(=O)(O)OC[C@@H](O)COP(=O)(O)OC[C@@H](COC(=O)CCCCCCCCCCCCCC)OC(=O)CCCCCCCCCCCCC(C)CC)OC(=O)CCCCCCCCCCCCCCCCCCCCCCC. The van der Waals surface area contributed by atoms with Crippen molar-refractivity contribution in [1.29, 1.82) is 0 Å². The van der Waals surface area contributed by atoms with E-state index in [0.29, 0.717) is 25.7 Å². The predicted octanol–water partition coefficient (Wildman–Crippen LogP) is 27.5. The summed E-state index contributed by atoms with van der Waals surface area (Å²) >= 11 is 0. The zero-order chi connectivity index (χ0) is 79.0. The van der Waals surface area contributed by atoms with Gasteiger partial charge in [-0.25, -0.2) is 9.13 Å². The third kappa shape index (κ3) is 80.7. The van der Waals surface area contributed by atoms with E-state index in [-0.39, 0.29) is 25.7 Å². The van der Waals surface area contributed by atoms with E-state index in [2.05, 4.69) is 34.6 Å². The van der Waals surface area contributed by atoms with E-state index in [1.807, 2.05) is 0 Å². The molecule has 0 radical (unpaired) electrons. The lowest BCUT2D eigenvalue weighted by Gasteiger charge is -2.21. The molecule has 0 aromatic rings. The van der Waals surface area contributed by atoms with E-state index < -0.39 is 97.5 Å². The van der Waals surface area contributed by atoms with E-state index >= 15 is 0 Å². The molecule has 0 rings (SSSR count). The molecule has 0 amide bonds. The van der Waals surface area contributed by atoms with Crippen LogP contribution in [0.4, 0.5) is 0 Å². The predicted molar refractivity (Wildman–Crippen MR) is 446 cm³/mol. The van der Waals surface area contributed by atoms with Gasteiger partial charge in [0, 0.05) is 25.7 Å². The second-order valence-corrected chi connectivity index (χ2v) is 35.1. The number of aliphatic hydroxyl groups is 1. The summed E-state index contributed by atoms with van der Waals surface area (Å²) in [6, 6.07) is 0. The van der Waals surface area contributed by atoms with Gasteiger partial charge in [0.15, 0.2) is 12.2 Å². The van der Waals surface area contributed by atoms with Crippen molar-refractivity contribution in [2.75, 3.05) is 39.6 Å². The lowest BCUT2D eigenvalue weighted by molar-refractivity contribution is -0.161. The molecule has 0 saturated carbocycles. The summed E-state index contributed by atoms with van der Waals surface area (Å²) in [5.41, 5.74) is 0. The van der Waals surface area contributed by atoms with Crippen LogP contribution in [0.5, 0.6) is 0 Å². The smallest absolute Gasteiger partial charge is 0.462 e. The van der Waals surface area contributed by atoms with Gasteiger partial charge in [-0.05, 0) is 31.6 Å². The number of rotatable bonds is 89. The molecule has 0 spiro atoms. The Morgan fingerprint density at radius 1 is 0.259 bits per heavy atom. The maximum Gasteiger partial charge on any atom is 0.472 e. The largest absolute Gasteiger partial charge is 0.472 e. The van der Waals surface area contributed by atoms with Gasteiger partial charge in [0.05, 0.1) is 26.4 Å². The Hall–Kier alpha value is -1.94. The van der Waals surface area contributed by atoms with Gasteiger partial charge < -0.3 is 33.8 Å². The van der Waals surface area contributed by atoms with Crippen LogP contribution in [0.15, 0.2) is 0 Å². The molecule has 0 aliphatic rings. The zero-order valence-corrected chi connectivity index (χ0v) is 72.8. The summed E-state index contributed by atoms with van der Waals surface area (Å²) in [5, 5.41) is 10.7. The number of carbonyl (C=O) groups is 4. The van der Waals surface area contributed by atoms with E-state index in [9.17, 15) is 43.2 Å². The van der Waals surface area contributed by atoms with Crippen LogP contribution in [-0.4, -0.2) is 96.7 Å². The summed E-state index contributed by atoms with van der Waals surface area (Å²) in [4.78, 5) is 73.3. The highest BCUT2D eigenvalue weighted by atomic mass is 31.2. The zero-order valence-electron chi connectivity index (χ0n) is 71.0. The first-order valence-electron chi connectivity index (χ1n) is 46.2. The molecule has 0 aromatic carbocycles. The average molecular weight is 1580 g/mol. The van der Waals surface area contributed by atoms with Crippen LogP contribution in [0.25, 0.3) is 0 Å². The van der Waals surface area contributed by atoms with E-state index in [0.717, 1.165) is 95.8 Å². The number of ether oxygens (including phenoxy) is 4. The Morgan fingerprint density at radius 2 is 0.444 bits per heavy atom. The third-order valence-electron chi connectivity index (χ3n) is 21.4. The van der Waals surface area contributed by atoms with Crippen molar-refractivity contribution in [1.82, 2.24) is 0 Å². The molecule has 0 fully saturated rings. The number of carbonyl (C=O) groups excluding carboxylic acids is 4. The van der Waals surface area contributed by atoms with Crippen LogP contribution < -0.4 is 0 Å². The molecule has 0 bridgehead atoms. The van der Waals surface area contributed by atoms with Crippen molar-refractivity contribution in [3.63, 3.8) is 0 Å². The van der Waals surface area contributed by atoms with Gasteiger partial charge in [0.1, 0.15) is 19.3 Å². The number of hydrogen-bond donors (Lipinski definition) is 3. The van der Waals surface area contributed by atoms with E-state index in [1.54, 1.807) is 0 Å². The van der Waals surface area contributed by atoms with Gasteiger partial charge in [0.25, 0.3) is 0 Å². The fourth-order valence-corrected chi connectivity index (χ4v) is 15.5. The lowest BCUT2D eigenvalue weighted by Crippen LogP contribution is -2.30. The number of hydrogen-bond acceptors (Lipinski definition) is 15. The number of phosphoric ester groups is 2. The van der Waals surface area contributed by atoms with E-state index in [4.69, 9.17) is 37.0 Å². The minimum Gasteiger partial charge on any atom is -0.462 e. The molecule has 3 N–H and O–H groups in total. The summed E-state index contributed by atoms with van der Waals surface area (Å²) in [7, 11) is -9.93. The Kier molecular flexibility index (Phi) is 80.2. The fourth-order valence-electron chi connectivity index (χ4n) is 14.0. The number of phosphoric acid groups is 2. The van der Waals surface area contributed by atoms with Crippen molar-refractivity contribution in [2.45, 2.75) is 502 Å². The molecule has 3 unspecified atom stereocenters. The van der Waals surface area contributed by atoms with Gasteiger partial charge in [-0.2, -0.15) is 0 Å². The van der Waals surface area contributed by atoms with Crippen LogP contribution >= 0.6 is 15.6 Å². The molecular weight excluding hydrogens is 1400 g/mol. The minimum atomic E-state index is -4.97. The van der Waals surface area contributed by atoms with Gasteiger partial charge in [-0.3, -0.25) is 37.3 Å². The van der Waals surface area contributed by atoms with Crippen molar-refractivity contribution in [3.05, 3.63) is 0 Å². The molecule has 642 valence electrons. The molecular formula is C89H174O17P2. The Bertz CT molecular complexity index is 2050. The van der Waals surface area contributed by atoms with Crippen molar-refractivity contribution < 1.29 is 80.2 Å². The van der Waals surface area contributed by atoms with Crippen molar-refractivity contribution in [3.8, 4) is 0 Å². The first-order valence-corrected chi connectivity index (χ1v) is 49.2. The maximum absolute atomic E-state index is 13.2. The van der Waals surface area contributed by atoms with Crippen LogP contribution in [0.3, 0.4) is 0 Å². The average Bonchev–Trinajstić information content (AvgIpc) is 0.892. The number of unbranched alkanes of at least 4 members (excludes halogenated alkanes) is 60. The van der Waals surface area contributed by atoms with Crippen LogP contribution in [0.1, 0.15) is 484 Å². The quantitative estimate of drug-likeness (QED) is 0.0222. The summed E-state index contributed by atoms with van der Waals surface area (Å²) in [6.45, 7) is 7.40. The third-order valence-corrected chi connectivity index (χ3v) is 23.3. The van der Waals surface area contributed by atoms with Crippen LogP contribution in [0, 0.1) is 5.92 Å². The van der Waals surface area contributed by atoms with Crippen LogP contribution in [-0.2, 0) is 65.4 Å². The molecule has 0 aromatic heterocycles. The number of esters is 4. The molecule has 0 aliphatic carbocycles. The maximum atomic E-state index is 13.2. The monoisotopic (exact) mass is 1580 g/mol. The molecule has 108 heavy (non-hydrogen) atoms. The second kappa shape index (κ2) is 81.6. The van der Waals surface area contributed by atoms with Gasteiger partial charge in [-0.15, -0.1) is 0 Å². The highest BCUT2D eigenvalue weighted by Gasteiger charge is 2.31. The summed E-state index contributed by atoms with van der Waals surface area (Å²) in [5.74, 6) is -1.29. The Morgan fingerprint density at radius 3 is 0.657 bits per heavy atom. The minimum absolute atomic E-state index is 0.107. The van der Waals surface area contributed by atoms with Gasteiger partial charge >= 0.3 is 39.5 Å². The molecule has 17 nitrogen and oxygen atoms in total. The highest BCUT2D eigenvalue weighted by molar-refractivity contribution is 7.47. The van der Waals surface area contributed by atoms with Crippen molar-refractivity contribution >= 4 is 39.5 Å². The molecule has 19 heteroatoms. The Labute approximate surface area is 664 Å². The first kappa shape index (κ1) is 106. The summed E-state index contributed by atoms with van der Waals surface area (Å²) < 4.78 is 69.0. The molecule has 0 heterocycles.